The largest absolute Gasteiger partial charge is 0.493 e. The fourth-order valence-corrected chi connectivity index (χ4v) is 2.73. The van der Waals surface area contributed by atoms with Crippen LogP contribution in [-0.2, 0) is 9.59 Å². The maximum absolute atomic E-state index is 12.1. The van der Waals surface area contributed by atoms with Crippen molar-refractivity contribution in [3.63, 3.8) is 0 Å². The number of benzene rings is 1. The first-order valence-corrected chi connectivity index (χ1v) is 7.22. The lowest BCUT2D eigenvalue weighted by molar-refractivity contribution is -0.148. The molecule has 1 aliphatic rings. The number of hydrogen-bond donors (Lipinski definition) is 1. The first-order chi connectivity index (χ1) is 10.0. The molecule has 1 amide bonds. The molecule has 1 unspecified atom stereocenters. The zero-order valence-electron chi connectivity index (χ0n) is 12.5. The predicted molar refractivity (Wildman–Crippen MR) is 78.4 cm³/mol. The first-order valence-electron chi connectivity index (χ1n) is 7.22. The molecule has 21 heavy (non-hydrogen) atoms. The smallest absolute Gasteiger partial charge is 0.326 e. The number of ether oxygens (including phenoxy) is 1. The second-order valence-corrected chi connectivity index (χ2v) is 5.40. The van der Waals surface area contributed by atoms with E-state index in [4.69, 9.17) is 9.84 Å². The van der Waals surface area contributed by atoms with Crippen molar-refractivity contribution in [1.29, 1.82) is 0 Å². The number of nitrogens with zero attached hydrogens (tertiary/aromatic N) is 1. The quantitative estimate of drug-likeness (QED) is 0.902. The zero-order valence-corrected chi connectivity index (χ0v) is 12.5. The van der Waals surface area contributed by atoms with Crippen molar-refractivity contribution < 1.29 is 19.4 Å². The third-order valence-electron chi connectivity index (χ3n) is 3.83. The van der Waals surface area contributed by atoms with E-state index >= 15 is 0 Å². The summed E-state index contributed by atoms with van der Waals surface area (Å²) in [5, 5.41) is 9.08. The van der Waals surface area contributed by atoms with Crippen molar-refractivity contribution in [2.45, 2.75) is 39.2 Å². The van der Waals surface area contributed by atoms with Gasteiger partial charge in [0.15, 0.2) is 0 Å². The molecular weight excluding hydrogens is 270 g/mol. The molecule has 114 valence electrons. The number of likely N-dealkylation sites (tertiary alicyclic amines) is 1. The van der Waals surface area contributed by atoms with Gasteiger partial charge < -0.3 is 14.7 Å². The summed E-state index contributed by atoms with van der Waals surface area (Å²) in [7, 11) is 0. The Morgan fingerprint density at radius 2 is 2.00 bits per heavy atom. The van der Waals surface area contributed by atoms with Crippen LogP contribution in [0.4, 0.5) is 0 Å². The lowest BCUT2D eigenvalue weighted by Crippen LogP contribution is -2.40. The van der Waals surface area contributed by atoms with Gasteiger partial charge in [-0.05, 0) is 37.8 Å². The van der Waals surface area contributed by atoms with Gasteiger partial charge in [-0.25, -0.2) is 4.79 Å². The number of hydrogen-bond acceptors (Lipinski definition) is 3. The van der Waals surface area contributed by atoms with Crippen LogP contribution in [0.5, 0.6) is 5.75 Å². The molecule has 1 heterocycles. The van der Waals surface area contributed by atoms with E-state index in [0.29, 0.717) is 13.0 Å². The lowest BCUT2D eigenvalue weighted by atomic mass is 10.1. The second-order valence-electron chi connectivity index (χ2n) is 5.40. The average molecular weight is 291 g/mol. The molecule has 2 rings (SSSR count). The fourth-order valence-electron chi connectivity index (χ4n) is 2.73. The van der Waals surface area contributed by atoms with E-state index < -0.39 is 12.0 Å². The molecule has 0 aromatic heterocycles. The van der Waals surface area contributed by atoms with Crippen LogP contribution >= 0.6 is 0 Å². The molecule has 5 nitrogen and oxygen atoms in total. The van der Waals surface area contributed by atoms with E-state index in [0.717, 1.165) is 23.3 Å². The number of carbonyl (C=O) groups is 2. The van der Waals surface area contributed by atoms with Crippen LogP contribution in [0.25, 0.3) is 0 Å². The predicted octanol–water partition coefficient (Wildman–Crippen LogP) is 2.15. The van der Waals surface area contributed by atoms with Crippen LogP contribution < -0.4 is 4.74 Å². The van der Waals surface area contributed by atoms with E-state index in [-0.39, 0.29) is 18.9 Å². The van der Waals surface area contributed by atoms with Crippen molar-refractivity contribution in [3.8, 4) is 5.75 Å². The molecule has 1 aliphatic heterocycles. The van der Waals surface area contributed by atoms with Crippen LogP contribution in [0.2, 0.25) is 0 Å². The normalized spacial score (nSPS) is 17.8. The van der Waals surface area contributed by atoms with E-state index in [1.807, 2.05) is 32.0 Å². The molecule has 0 aliphatic carbocycles. The van der Waals surface area contributed by atoms with Crippen LogP contribution in [0.15, 0.2) is 18.2 Å². The molecule has 1 atom stereocenters. The second kappa shape index (κ2) is 6.61. The number of carboxylic acids is 1. The number of para-hydroxylation sites is 1. The molecule has 1 saturated heterocycles. The van der Waals surface area contributed by atoms with Gasteiger partial charge in [-0.15, -0.1) is 0 Å². The number of carboxylic acid groups (broad SMARTS) is 1. The van der Waals surface area contributed by atoms with E-state index in [9.17, 15) is 9.59 Å². The molecule has 0 spiro atoms. The van der Waals surface area contributed by atoms with Gasteiger partial charge in [-0.3, -0.25) is 4.79 Å². The Morgan fingerprint density at radius 3 is 2.62 bits per heavy atom. The number of aliphatic carboxylic acids is 1. The fraction of sp³-hybridized carbons (Fsp3) is 0.500. The summed E-state index contributed by atoms with van der Waals surface area (Å²) in [4.78, 5) is 24.6. The summed E-state index contributed by atoms with van der Waals surface area (Å²) in [6, 6.07) is 5.22. The van der Waals surface area contributed by atoms with Crippen LogP contribution in [-0.4, -0.2) is 41.1 Å². The average Bonchev–Trinajstić information content (AvgIpc) is 2.91. The molecule has 1 aromatic carbocycles. The van der Waals surface area contributed by atoms with Crippen LogP contribution in [0, 0.1) is 13.8 Å². The highest BCUT2D eigenvalue weighted by Gasteiger charge is 2.33. The Hall–Kier alpha value is -2.04. The minimum atomic E-state index is -0.920. The molecular formula is C16H21NO4. The van der Waals surface area contributed by atoms with E-state index in [2.05, 4.69) is 0 Å². The maximum Gasteiger partial charge on any atom is 0.326 e. The van der Waals surface area contributed by atoms with E-state index in [1.165, 1.54) is 4.90 Å². The molecule has 0 bridgehead atoms. The number of amides is 1. The van der Waals surface area contributed by atoms with Gasteiger partial charge in [0.2, 0.25) is 5.91 Å². The minimum absolute atomic E-state index is 0.147. The first kappa shape index (κ1) is 15.4. The van der Waals surface area contributed by atoms with Crippen molar-refractivity contribution in [2.24, 2.45) is 0 Å². The van der Waals surface area contributed by atoms with Gasteiger partial charge in [0.05, 0.1) is 13.0 Å². The van der Waals surface area contributed by atoms with Gasteiger partial charge in [-0.1, -0.05) is 18.2 Å². The Morgan fingerprint density at radius 1 is 1.33 bits per heavy atom. The Balaban J connectivity index is 1.89. The van der Waals surface area contributed by atoms with E-state index in [1.54, 1.807) is 0 Å². The molecule has 1 fully saturated rings. The standard InChI is InChI=1S/C16H21NO4/c1-11-5-3-6-12(2)15(11)21-10-8-14(18)17-9-4-7-13(17)16(19)20/h3,5-6,13H,4,7-10H2,1-2H3,(H,19,20). The van der Waals surface area contributed by atoms with Crippen molar-refractivity contribution in [2.75, 3.05) is 13.2 Å². The highest BCUT2D eigenvalue weighted by molar-refractivity contribution is 5.84. The van der Waals surface area contributed by atoms with Gasteiger partial charge in [-0.2, -0.15) is 0 Å². The number of rotatable bonds is 5. The lowest BCUT2D eigenvalue weighted by Gasteiger charge is -2.21. The highest BCUT2D eigenvalue weighted by atomic mass is 16.5. The van der Waals surface area contributed by atoms with Crippen molar-refractivity contribution in [3.05, 3.63) is 29.3 Å². The highest BCUT2D eigenvalue weighted by Crippen LogP contribution is 2.23. The van der Waals surface area contributed by atoms with Gasteiger partial charge in [0.25, 0.3) is 0 Å². The van der Waals surface area contributed by atoms with Gasteiger partial charge in [0, 0.05) is 6.54 Å². The monoisotopic (exact) mass is 291 g/mol. The third-order valence-corrected chi connectivity index (χ3v) is 3.83. The molecule has 1 aromatic rings. The Bertz CT molecular complexity index is 521. The number of aryl methyl sites for hydroxylation is 2. The summed E-state index contributed by atoms with van der Waals surface area (Å²) in [6.45, 7) is 4.72. The molecule has 0 radical (unpaired) electrons. The molecule has 1 N–H and O–H groups in total. The zero-order chi connectivity index (χ0) is 15.4. The number of carbonyl (C=O) groups excluding carboxylic acids is 1. The molecule has 5 heteroatoms. The van der Waals surface area contributed by atoms with Gasteiger partial charge >= 0.3 is 5.97 Å². The summed E-state index contributed by atoms with van der Waals surface area (Å²) in [5.74, 6) is -0.260. The van der Waals surface area contributed by atoms with Crippen LogP contribution in [0.1, 0.15) is 30.4 Å². The third kappa shape index (κ3) is 3.54. The maximum atomic E-state index is 12.1. The van der Waals surface area contributed by atoms with Crippen LogP contribution in [0.3, 0.4) is 0 Å². The molecule has 0 saturated carbocycles. The Kier molecular flexibility index (Phi) is 4.83. The summed E-state index contributed by atoms with van der Waals surface area (Å²) in [6.07, 6.45) is 1.50. The summed E-state index contributed by atoms with van der Waals surface area (Å²) >= 11 is 0. The Labute approximate surface area is 124 Å². The summed E-state index contributed by atoms with van der Waals surface area (Å²) < 4.78 is 5.70. The topological polar surface area (TPSA) is 66.8 Å². The van der Waals surface area contributed by atoms with Crippen molar-refractivity contribution in [1.82, 2.24) is 4.90 Å². The minimum Gasteiger partial charge on any atom is -0.493 e. The SMILES string of the molecule is Cc1cccc(C)c1OCCC(=O)N1CCCC1C(=O)O. The van der Waals surface area contributed by atoms with Crippen molar-refractivity contribution >= 4 is 11.9 Å². The van der Waals surface area contributed by atoms with Gasteiger partial charge in [0.1, 0.15) is 11.8 Å². The summed E-state index contributed by atoms with van der Waals surface area (Å²) in [5.41, 5.74) is 2.07.